The lowest BCUT2D eigenvalue weighted by Gasteiger charge is -2.43. The summed E-state index contributed by atoms with van der Waals surface area (Å²) in [7, 11) is 0. The van der Waals surface area contributed by atoms with Crippen molar-refractivity contribution in [3.8, 4) is 0 Å². The Bertz CT molecular complexity index is 1490. The molecule has 1 heterocycles. The molecule has 0 aromatic heterocycles. The van der Waals surface area contributed by atoms with Crippen LogP contribution in [0.25, 0.3) is 0 Å². The zero-order chi connectivity index (χ0) is 33.7. The number of aliphatic hydroxyl groups excluding tert-OH is 2. The van der Waals surface area contributed by atoms with Crippen LogP contribution >= 0.6 is 0 Å². The van der Waals surface area contributed by atoms with Crippen LogP contribution in [0.4, 0.5) is 0 Å². The predicted octanol–water partition coefficient (Wildman–Crippen LogP) is 8.12. The highest BCUT2D eigenvalue weighted by molar-refractivity contribution is 6.00. The summed E-state index contributed by atoms with van der Waals surface area (Å²) in [6.45, 7) is 19.9. The second-order valence-corrected chi connectivity index (χ2v) is 14.2. The minimum atomic E-state index is -1.07. The predicted molar refractivity (Wildman–Crippen MR) is 184 cm³/mol. The van der Waals surface area contributed by atoms with E-state index in [4.69, 9.17) is 4.74 Å². The van der Waals surface area contributed by atoms with Crippen LogP contribution in [0.5, 0.6) is 0 Å². The highest BCUT2D eigenvalue weighted by atomic mass is 16.5. The summed E-state index contributed by atoms with van der Waals surface area (Å²) >= 11 is 0. The topological polar surface area (TPSA) is 83.8 Å². The molecule has 0 aromatic rings. The van der Waals surface area contributed by atoms with E-state index in [0.717, 1.165) is 33.4 Å². The Morgan fingerprint density at radius 1 is 0.756 bits per heavy atom. The van der Waals surface area contributed by atoms with E-state index in [9.17, 15) is 19.8 Å². The van der Waals surface area contributed by atoms with Crippen molar-refractivity contribution >= 4 is 11.6 Å². The van der Waals surface area contributed by atoms with Gasteiger partial charge in [-0.05, 0) is 93.6 Å². The molecule has 2 N–H and O–H groups in total. The molecule has 0 amide bonds. The molecule has 0 spiro atoms. The molecule has 2 aliphatic carbocycles. The van der Waals surface area contributed by atoms with E-state index in [1.54, 1.807) is 13.8 Å². The molecule has 3 rings (SSSR count). The van der Waals surface area contributed by atoms with Crippen molar-refractivity contribution < 1.29 is 24.5 Å². The summed E-state index contributed by atoms with van der Waals surface area (Å²) in [5.74, 6) is -0.430. The molecule has 1 aliphatic heterocycles. The van der Waals surface area contributed by atoms with E-state index in [1.807, 2.05) is 101 Å². The van der Waals surface area contributed by atoms with Gasteiger partial charge in [-0.2, -0.15) is 0 Å². The molecule has 5 heteroatoms. The number of hydrogen-bond acceptors (Lipinski definition) is 5. The van der Waals surface area contributed by atoms with Gasteiger partial charge in [0.15, 0.2) is 11.6 Å². The molecular weight excluding hydrogens is 560 g/mol. The maximum atomic E-state index is 12.8. The molecule has 45 heavy (non-hydrogen) atoms. The Morgan fingerprint density at radius 3 is 1.87 bits per heavy atom. The zero-order valence-electron chi connectivity index (χ0n) is 28.8. The first-order chi connectivity index (χ1) is 20.9. The number of carbonyl (C=O) groups is 2. The molecule has 0 radical (unpaired) electrons. The SMILES string of the molecule is CC1=C(/C=C/C(C)=C/C=C/C(C)=C/C=C/C=C(C)/C=C/C=C(\C)C2C=C3C(C)(C)C[C@H](O)C(=O)C3(C)O2)C(C)(C)C[C@H](O)C1=O. The van der Waals surface area contributed by atoms with E-state index in [2.05, 4.69) is 33.8 Å². The Hall–Kier alpha value is -3.38. The maximum Gasteiger partial charge on any atom is 0.196 e. The van der Waals surface area contributed by atoms with Crippen molar-refractivity contribution in [2.75, 3.05) is 0 Å². The molecule has 0 bridgehead atoms. The third-order valence-electron chi connectivity index (χ3n) is 9.14. The van der Waals surface area contributed by atoms with Crippen molar-refractivity contribution in [1.82, 2.24) is 0 Å². The molecule has 1 fully saturated rings. The van der Waals surface area contributed by atoms with E-state index in [0.29, 0.717) is 18.4 Å². The van der Waals surface area contributed by atoms with Gasteiger partial charge in [0.2, 0.25) is 0 Å². The molecule has 4 atom stereocenters. The highest BCUT2D eigenvalue weighted by Crippen LogP contribution is 2.50. The summed E-state index contributed by atoms with van der Waals surface area (Å²) in [6, 6.07) is 0. The number of ether oxygens (including phenoxy) is 1. The van der Waals surface area contributed by atoms with Crippen LogP contribution < -0.4 is 0 Å². The number of rotatable bonds is 9. The van der Waals surface area contributed by atoms with E-state index < -0.39 is 17.8 Å². The Kier molecular flexibility index (Phi) is 11.5. The lowest BCUT2D eigenvalue weighted by atomic mass is 9.65. The summed E-state index contributed by atoms with van der Waals surface area (Å²) in [4.78, 5) is 25.0. The van der Waals surface area contributed by atoms with Crippen molar-refractivity contribution in [1.29, 1.82) is 0 Å². The van der Waals surface area contributed by atoms with Gasteiger partial charge in [-0.3, -0.25) is 9.59 Å². The second-order valence-electron chi connectivity index (χ2n) is 14.2. The fraction of sp³-hybridized carbons (Fsp3) is 0.450. The quantitative estimate of drug-likeness (QED) is 0.203. The number of fused-ring (bicyclic) bond motifs is 1. The van der Waals surface area contributed by atoms with Crippen molar-refractivity contribution in [2.24, 2.45) is 10.8 Å². The average molecular weight is 613 g/mol. The molecule has 3 aliphatic rings. The third kappa shape index (κ3) is 8.66. The zero-order valence-corrected chi connectivity index (χ0v) is 28.8. The van der Waals surface area contributed by atoms with Crippen LogP contribution in [0.3, 0.4) is 0 Å². The van der Waals surface area contributed by atoms with Crippen LogP contribution in [0.2, 0.25) is 0 Å². The lowest BCUT2D eigenvalue weighted by Crippen LogP contribution is -2.53. The fourth-order valence-electron chi connectivity index (χ4n) is 6.47. The largest absolute Gasteiger partial charge is 0.385 e. The molecule has 1 saturated carbocycles. The standard InChI is InChI=1S/C40H52O5/c1-26(17-13-18-28(3)21-22-31-30(5)36(43)32(41)24-38(31,6)7)15-11-12-16-27(2)19-14-20-29(4)34-23-35-39(8,9)25-33(42)37(44)40(35,10)45-34/h11-23,32-34,41-42H,24-25H2,1-10H3/b12-11+,17-13+,19-14+,22-21+,26-15+,27-16+,28-18+,29-20+/t32-,33-,34?,40?/m0/s1. The third-order valence-corrected chi connectivity index (χ3v) is 9.14. The van der Waals surface area contributed by atoms with Gasteiger partial charge in [0.05, 0.1) is 6.10 Å². The number of allylic oxidation sites excluding steroid dienone is 16. The van der Waals surface area contributed by atoms with E-state index in [-0.39, 0.29) is 28.5 Å². The fourth-order valence-corrected chi connectivity index (χ4v) is 6.47. The lowest BCUT2D eigenvalue weighted by molar-refractivity contribution is -0.153. The van der Waals surface area contributed by atoms with Crippen molar-refractivity contribution in [3.63, 3.8) is 0 Å². The van der Waals surface area contributed by atoms with Crippen molar-refractivity contribution in [2.45, 2.75) is 106 Å². The summed E-state index contributed by atoms with van der Waals surface area (Å²) in [5, 5.41) is 20.3. The molecule has 2 unspecified atom stereocenters. The molecule has 0 aromatic carbocycles. The Labute approximate surface area is 270 Å². The van der Waals surface area contributed by atoms with Gasteiger partial charge in [-0.25, -0.2) is 0 Å². The first-order valence-electron chi connectivity index (χ1n) is 15.9. The number of aliphatic hydroxyl groups is 2. The minimum absolute atomic E-state index is 0.178. The Morgan fingerprint density at radius 2 is 1.27 bits per heavy atom. The van der Waals surface area contributed by atoms with Gasteiger partial charge in [0, 0.05) is 0 Å². The van der Waals surface area contributed by atoms with Gasteiger partial charge in [0.1, 0.15) is 17.8 Å². The summed E-state index contributed by atoms with van der Waals surface area (Å²) in [6.07, 6.45) is 25.0. The van der Waals surface area contributed by atoms with Gasteiger partial charge >= 0.3 is 0 Å². The number of Topliss-reactive ketones (excluding diaryl/α,β-unsaturated/α-hetero) is 2. The minimum Gasteiger partial charge on any atom is -0.385 e. The number of carbonyl (C=O) groups excluding carboxylic acids is 2. The van der Waals surface area contributed by atoms with Crippen LogP contribution in [-0.4, -0.2) is 45.7 Å². The van der Waals surface area contributed by atoms with Crippen LogP contribution in [0.15, 0.2) is 118 Å². The molecule has 0 saturated heterocycles. The first-order valence-corrected chi connectivity index (χ1v) is 15.9. The van der Waals surface area contributed by atoms with Gasteiger partial charge in [-0.15, -0.1) is 0 Å². The van der Waals surface area contributed by atoms with Crippen LogP contribution in [0, 0.1) is 10.8 Å². The Balaban J connectivity index is 1.56. The van der Waals surface area contributed by atoms with Gasteiger partial charge in [0.25, 0.3) is 0 Å². The number of ketones is 2. The van der Waals surface area contributed by atoms with Crippen LogP contribution in [-0.2, 0) is 14.3 Å². The smallest absolute Gasteiger partial charge is 0.196 e. The van der Waals surface area contributed by atoms with Gasteiger partial charge < -0.3 is 14.9 Å². The summed E-state index contributed by atoms with van der Waals surface area (Å²) in [5.41, 5.74) is 5.24. The van der Waals surface area contributed by atoms with Crippen LogP contribution in [0.1, 0.15) is 82.1 Å². The average Bonchev–Trinajstić information content (AvgIpc) is 3.32. The highest BCUT2D eigenvalue weighted by Gasteiger charge is 2.56. The molecular formula is C40H52O5. The summed E-state index contributed by atoms with van der Waals surface area (Å²) < 4.78 is 6.22. The number of hydrogen-bond donors (Lipinski definition) is 2. The van der Waals surface area contributed by atoms with Gasteiger partial charge in [-0.1, -0.05) is 117 Å². The van der Waals surface area contributed by atoms with E-state index >= 15 is 0 Å². The second kappa shape index (κ2) is 14.4. The normalized spacial score (nSPS) is 30.0. The molecule has 5 nitrogen and oxygen atoms in total. The molecule has 242 valence electrons. The van der Waals surface area contributed by atoms with Crippen molar-refractivity contribution in [3.05, 3.63) is 118 Å². The monoisotopic (exact) mass is 612 g/mol. The van der Waals surface area contributed by atoms with E-state index in [1.165, 1.54) is 0 Å². The maximum absolute atomic E-state index is 12.8. The first kappa shape index (κ1) is 36.1.